The Kier molecular flexibility index (Phi) is 3.48. The highest BCUT2D eigenvalue weighted by molar-refractivity contribution is 5.26. The van der Waals surface area contributed by atoms with Gasteiger partial charge in [-0.3, -0.25) is 0 Å². The van der Waals surface area contributed by atoms with Crippen molar-refractivity contribution in [1.29, 1.82) is 0 Å². The Labute approximate surface area is 86.1 Å². The van der Waals surface area contributed by atoms with Crippen LogP contribution in [0, 0.1) is 5.92 Å². The van der Waals surface area contributed by atoms with E-state index < -0.39 is 5.60 Å². The molecule has 76 valence electrons. The molecule has 0 fully saturated rings. The molecule has 1 atom stereocenters. The van der Waals surface area contributed by atoms with Gasteiger partial charge in [-0.15, -0.1) is 0 Å². The zero-order chi connectivity index (χ0) is 10.6. The van der Waals surface area contributed by atoms with Gasteiger partial charge >= 0.3 is 0 Å². The maximum atomic E-state index is 10.1. The molecule has 1 nitrogen and oxygen atoms in total. The molecular formula is C13H18O. The monoisotopic (exact) mass is 190 g/mol. The van der Waals surface area contributed by atoms with E-state index in [1.165, 1.54) is 0 Å². The molecule has 1 aromatic rings. The molecular weight excluding hydrogens is 172 g/mol. The van der Waals surface area contributed by atoms with Crippen LogP contribution in [0.5, 0.6) is 0 Å². The summed E-state index contributed by atoms with van der Waals surface area (Å²) >= 11 is 0. The Morgan fingerprint density at radius 1 is 1.21 bits per heavy atom. The molecule has 1 aromatic carbocycles. The van der Waals surface area contributed by atoms with Gasteiger partial charge in [-0.1, -0.05) is 56.3 Å². The van der Waals surface area contributed by atoms with Crippen LogP contribution in [-0.2, 0) is 5.60 Å². The Hall–Kier alpha value is -1.08. The van der Waals surface area contributed by atoms with Crippen molar-refractivity contribution in [2.75, 3.05) is 0 Å². The Bertz CT molecular complexity index is 296. The van der Waals surface area contributed by atoms with Crippen LogP contribution in [0.2, 0.25) is 0 Å². The van der Waals surface area contributed by atoms with Gasteiger partial charge in [0.05, 0.1) is 0 Å². The zero-order valence-corrected chi connectivity index (χ0v) is 9.07. The predicted octanol–water partition coefficient (Wildman–Crippen LogP) is 3.11. The number of aliphatic hydroxyl groups is 1. The van der Waals surface area contributed by atoms with E-state index in [-0.39, 0.29) is 0 Å². The second kappa shape index (κ2) is 4.43. The van der Waals surface area contributed by atoms with Crippen molar-refractivity contribution in [1.82, 2.24) is 0 Å². The molecule has 1 rings (SSSR count). The summed E-state index contributed by atoms with van der Waals surface area (Å²) in [6.07, 6.45) is 3.88. The van der Waals surface area contributed by atoms with Gasteiger partial charge in [0.15, 0.2) is 0 Å². The fourth-order valence-electron chi connectivity index (χ4n) is 1.25. The molecule has 0 amide bonds. The van der Waals surface area contributed by atoms with Gasteiger partial charge in [0.1, 0.15) is 5.60 Å². The molecule has 0 aliphatic heterocycles. The molecule has 0 aliphatic rings. The van der Waals surface area contributed by atoms with Gasteiger partial charge in [-0.2, -0.15) is 0 Å². The van der Waals surface area contributed by atoms with Crippen LogP contribution in [0.15, 0.2) is 42.5 Å². The summed E-state index contributed by atoms with van der Waals surface area (Å²) in [5, 5.41) is 10.1. The van der Waals surface area contributed by atoms with E-state index in [0.29, 0.717) is 5.92 Å². The van der Waals surface area contributed by atoms with Crippen LogP contribution < -0.4 is 0 Å². The molecule has 0 radical (unpaired) electrons. The van der Waals surface area contributed by atoms with Crippen LogP contribution >= 0.6 is 0 Å². The summed E-state index contributed by atoms with van der Waals surface area (Å²) in [4.78, 5) is 0. The zero-order valence-electron chi connectivity index (χ0n) is 9.07. The second-order valence-corrected chi connectivity index (χ2v) is 4.12. The van der Waals surface area contributed by atoms with Gasteiger partial charge in [0.2, 0.25) is 0 Å². The van der Waals surface area contributed by atoms with Gasteiger partial charge in [0, 0.05) is 0 Å². The molecule has 0 heterocycles. The normalized spacial score (nSPS) is 16.1. The molecule has 0 saturated carbocycles. The van der Waals surface area contributed by atoms with Crippen molar-refractivity contribution < 1.29 is 5.11 Å². The maximum Gasteiger partial charge on any atom is 0.105 e. The SMILES string of the molecule is CC(C)/C=C/C(C)(O)c1ccccc1. The number of hydrogen-bond donors (Lipinski definition) is 1. The highest BCUT2D eigenvalue weighted by atomic mass is 16.3. The molecule has 1 unspecified atom stereocenters. The summed E-state index contributed by atoms with van der Waals surface area (Å²) in [6.45, 7) is 6.00. The van der Waals surface area contributed by atoms with E-state index >= 15 is 0 Å². The fraction of sp³-hybridized carbons (Fsp3) is 0.385. The van der Waals surface area contributed by atoms with Crippen molar-refractivity contribution in [3.63, 3.8) is 0 Å². The highest BCUT2D eigenvalue weighted by Crippen LogP contribution is 2.22. The second-order valence-electron chi connectivity index (χ2n) is 4.12. The molecule has 0 saturated heterocycles. The summed E-state index contributed by atoms with van der Waals surface area (Å²) in [6, 6.07) is 9.70. The first-order chi connectivity index (χ1) is 6.52. The number of hydrogen-bond acceptors (Lipinski definition) is 1. The minimum Gasteiger partial charge on any atom is -0.381 e. The van der Waals surface area contributed by atoms with E-state index in [2.05, 4.69) is 13.8 Å². The smallest absolute Gasteiger partial charge is 0.105 e. The Balaban J connectivity index is 2.86. The lowest BCUT2D eigenvalue weighted by atomic mass is 9.94. The van der Waals surface area contributed by atoms with E-state index in [1.807, 2.05) is 42.5 Å². The van der Waals surface area contributed by atoms with Crippen molar-refractivity contribution in [2.24, 2.45) is 5.92 Å². The number of rotatable bonds is 3. The first kappa shape index (κ1) is 11.0. The lowest BCUT2D eigenvalue weighted by Crippen LogP contribution is -2.17. The van der Waals surface area contributed by atoms with Crippen LogP contribution in [0.3, 0.4) is 0 Å². The first-order valence-corrected chi connectivity index (χ1v) is 4.99. The average molecular weight is 190 g/mol. The largest absolute Gasteiger partial charge is 0.381 e. The molecule has 0 aromatic heterocycles. The third-order valence-corrected chi connectivity index (χ3v) is 2.16. The van der Waals surface area contributed by atoms with E-state index in [1.54, 1.807) is 6.92 Å². The lowest BCUT2D eigenvalue weighted by molar-refractivity contribution is 0.110. The first-order valence-electron chi connectivity index (χ1n) is 4.99. The van der Waals surface area contributed by atoms with Crippen LogP contribution in [0.25, 0.3) is 0 Å². The standard InChI is InChI=1S/C13H18O/c1-11(2)9-10-13(3,14)12-7-5-4-6-8-12/h4-11,14H,1-3H3/b10-9+. The molecule has 0 bridgehead atoms. The lowest BCUT2D eigenvalue weighted by Gasteiger charge is -2.19. The number of allylic oxidation sites excluding steroid dienone is 1. The minimum absolute atomic E-state index is 0.463. The summed E-state index contributed by atoms with van der Waals surface area (Å²) in [5.41, 5.74) is 0.0721. The summed E-state index contributed by atoms with van der Waals surface area (Å²) in [5.74, 6) is 0.463. The Morgan fingerprint density at radius 2 is 1.79 bits per heavy atom. The van der Waals surface area contributed by atoms with E-state index in [4.69, 9.17) is 0 Å². The molecule has 0 spiro atoms. The summed E-state index contributed by atoms with van der Waals surface area (Å²) < 4.78 is 0. The van der Waals surface area contributed by atoms with Crippen molar-refractivity contribution >= 4 is 0 Å². The van der Waals surface area contributed by atoms with E-state index in [9.17, 15) is 5.11 Å². The van der Waals surface area contributed by atoms with Gasteiger partial charge < -0.3 is 5.11 Å². The van der Waals surface area contributed by atoms with Crippen molar-refractivity contribution in [3.05, 3.63) is 48.0 Å². The fourth-order valence-corrected chi connectivity index (χ4v) is 1.25. The van der Waals surface area contributed by atoms with E-state index in [0.717, 1.165) is 5.56 Å². The molecule has 0 aliphatic carbocycles. The van der Waals surface area contributed by atoms with Gasteiger partial charge in [0.25, 0.3) is 0 Å². The van der Waals surface area contributed by atoms with Crippen molar-refractivity contribution in [3.8, 4) is 0 Å². The summed E-state index contributed by atoms with van der Waals surface area (Å²) in [7, 11) is 0. The topological polar surface area (TPSA) is 20.2 Å². The molecule has 1 N–H and O–H groups in total. The Morgan fingerprint density at radius 3 is 2.29 bits per heavy atom. The molecule has 14 heavy (non-hydrogen) atoms. The highest BCUT2D eigenvalue weighted by Gasteiger charge is 2.18. The van der Waals surface area contributed by atoms with Crippen LogP contribution in [0.4, 0.5) is 0 Å². The molecule has 1 heteroatoms. The van der Waals surface area contributed by atoms with Gasteiger partial charge in [-0.05, 0) is 18.4 Å². The van der Waals surface area contributed by atoms with Crippen LogP contribution in [-0.4, -0.2) is 5.11 Å². The predicted molar refractivity (Wildman–Crippen MR) is 60.0 cm³/mol. The number of benzene rings is 1. The average Bonchev–Trinajstić information content (AvgIpc) is 2.16. The minimum atomic E-state index is -0.856. The quantitative estimate of drug-likeness (QED) is 0.726. The maximum absolute atomic E-state index is 10.1. The third-order valence-electron chi connectivity index (χ3n) is 2.16. The van der Waals surface area contributed by atoms with Gasteiger partial charge in [-0.25, -0.2) is 0 Å². The third kappa shape index (κ3) is 3.00. The van der Waals surface area contributed by atoms with Crippen LogP contribution in [0.1, 0.15) is 26.3 Å². The van der Waals surface area contributed by atoms with Crippen molar-refractivity contribution in [2.45, 2.75) is 26.4 Å².